The molecule has 2 aromatic carbocycles. The molecule has 2 aromatic rings. The second-order valence-corrected chi connectivity index (χ2v) is 4.41. The van der Waals surface area contributed by atoms with Crippen LogP contribution in [0.5, 0.6) is 17.2 Å². The molecule has 0 saturated carbocycles. The van der Waals surface area contributed by atoms with Gasteiger partial charge in [-0.1, -0.05) is 12.1 Å². The quantitative estimate of drug-likeness (QED) is 0.799. The van der Waals surface area contributed by atoms with Gasteiger partial charge >= 0.3 is 0 Å². The third-order valence-electron chi connectivity index (χ3n) is 2.40. The highest BCUT2D eigenvalue weighted by Gasteiger charge is 2.06. The molecule has 0 amide bonds. The summed E-state index contributed by atoms with van der Waals surface area (Å²) < 4.78 is 11.6. The van der Waals surface area contributed by atoms with Gasteiger partial charge in [-0.05, 0) is 46.3 Å². The Morgan fingerprint density at radius 3 is 2.44 bits per heavy atom. The van der Waals surface area contributed by atoms with Crippen LogP contribution in [0.15, 0.2) is 46.9 Å². The number of carbonyl (C=O) groups is 1. The number of rotatable bonds is 4. The molecule has 0 heterocycles. The first kappa shape index (κ1) is 12.6. The number of halogens is 1. The van der Waals surface area contributed by atoms with Gasteiger partial charge in [0, 0.05) is 10.0 Å². The van der Waals surface area contributed by atoms with E-state index in [0.29, 0.717) is 27.3 Å². The predicted octanol–water partition coefficient (Wildman–Crippen LogP) is 4.06. The second-order valence-electron chi connectivity index (χ2n) is 3.55. The molecule has 92 valence electrons. The first-order valence-corrected chi connectivity index (χ1v) is 6.09. The van der Waals surface area contributed by atoms with E-state index in [2.05, 4.69) is 15.9 Å². The fourth-order valence-corrected chi connectivity index (χ4v) is 1.95. The van der Waals surface area contributed by atoms with Gasteiger partial charge in [0.15, 0.2) is 17.8 Å². The van der Waals surface area contributed by atoms with Gasteiger partial charge in [0.25, 0.3) is 0 Å². The van der Waals surface area contributed by atoms with E-state index in [1.807, 2.05) is 24.3 Å². The monoisotopic (exact) mass is 306 g/mol. The Morgan fingerprint density at radius 2 is 1.83 bits per heavy atom. The minimum absolute atomic E-state index is 0.586. The fourth-order valence-electron chi connectivity index (χ4n) is 1.50. The maximum atomic E-state index is 10.7. The summed E-state index contributed by atoms with van der Waals surface area (Å²) in [5.74, 6) is 1.93. The lowest BCUT2D eigenvalue weighted by molar-refractivity contribution is 0.112. The lowest BCUT2D eigenvalue weighted by Gasteiger charge is -2.10. The molecular formula is C14H11BrO3. The number of aldehydes is 1. The largest absolute Gasteiger partial charge is 0.493 e. The molecule has 0 atom stereocenters. The molecule has 0 unspecified atom stereocenters. The van der Waals surface area contributed by atoms with Crippen LogP contribution >= 0.6 is 15.9 Å². The molecule has 0 aliphatic carbocycles. The average Bonchev–Trinajstić information content (AvgIpc) is 2.39. The minimum Gasteiger partial charge on any atom is -0.493 e. The third kappa shape index (κ3) is 2.71. The van der Waals surface area contributed by atoms with E-state index in [4.69, 9.17) is 9.47 Å². The Kier molecular flexibility index (Phi) is 3.99. The summed E-state index contributed by atoms with van der Waals surface area (Å²) in [5, 5.41) is 0. The number of ether oxygens (including phenoxy) is 2. The topological polar surface area (TPSA) is 35.5 Å². The van der Waals surface area contributed by atoms with Crippen LogP contribution in [0.1, 0.15) is 10.4 Å². The standard InChI is InChI=1S/C14H11BrO3/c1-17-13-4-2-3-5-14(13)18-11-7-6-10(9-16)12(15)8-11/h2-9H,1H3. The molecule has 0 aliphatic heterocycles. The van der Waals surface area contributed by atoms with E-state index in [0.717, 1.165) is 6.29 Å². The highest BCUT2D eigenvalue weighted by molar-refractivity contribution is 9.10. The van der Waals surface area contributed by atoms with Crippen molar-refractivity contribution < 1.29 is 14.3 Å². The van der Waals surface area contributed by atoms with Crippen LogP contribution in [0.3, 0.4) is 0 Å². The van der Waals surface area contributed by atoms with E-state index in [1.54, 1.807) is 25.3 Å². The molecule has 0 aliphatic rings. The van der Waals surface area contributed by atoms with Crippen molar-refractivity contribution in [3.8, 4) is 17.2 Å². The van der Waals surface area contributed by atoms with Crippen molar-refractivity contribution in [1.82, 2.24) is 0 Å². The first-order valence-electron chi connectivity index (χ1n) is 5.30. The van der Waals surface area contributed by atoms with Crippen LogP contribution in [0.4, 0.5) is 0 Å². The smallest absolute Gasteiger partial charge is 0.169 e. The van der Waals surface area contributed by atoms with Gasteiger partial charge in [0.1, 0.15) is 5.75 Å². The molecule has 0 fully saturated rings. The summed E-state index contributed by atoms with van der Waals surface area (Å²) in [6.45, 7) is 0. The highest BCUT2D eigenvalue weighted by atomic mass is 79.9. The maximum Gasteiger partial charge on any atom is 0.169 e. The van der Waals surface area contributed by atoms with E-state index in [9.17, 15) is 4.79 Å². The van der Waals surface area contributed by atoms with Crippen LogP contribution in [0.25, 0.3) is 0 Å². The van der Waals surface area contributed by atoms with Crippen molar-refractivity contribution in [2.24, 2.45) is 0 Å². The van der Waals surface area contributed by atoms with Crippen LogP contribution in [-0.4, -0.2) is 13.4 Å². The van der Waals surface area contributed by atoms with Crippen molar-refractivity contribution in [2.75, 3.05) is 7.11 Å². The van der Waals surface area contributed by atoms with E-state index >= 15 is 0 Å². The van der Waals surface area contributed by atoms with Gasteiger partial charge in [0.05, 0.1) is 7.11 Å². The molecule has 0 spiro atoms. The molecule has 0 radical (unpaired) electrons. The third-order valence-corrected chi connectivity index (χ3v) is 3.08. The summed E-state index contributed by atoms with van der Waals surface area (Å²) >= 11 is 3.31. The molecule has 3 nitrogen and oxygen atoms in total. The number of hydrogen-bond donors (Lipinski definition) is 0. The number of carbonyl (C=O) groups excluding carboxylic acids is 1. The van der Waals surface area contributed by atoms with Gasteiger partial charge in [-0.15, -0.1) is 0 Å². The van der Waals surface area contributed by atoms with Crippen molar-refractivity contribution in [3.05, 3.63) is 52.5 Å². The fraction of sp³-hybridized carbons (Fsp3) is 0.0714. The minimum atomic E-state index is 0.586. The van der Waals surface area contributed by atoms with E-state index in [-0.39, 0.29) is 0 Å². The van der Waals surface area contributed by atoms with Crippen LogP contribution in [0, 0.1) is 0 Å². The number of benzene rings is 2. The maximum absolute atomic E-state index is 10.7. The summed E-state index contributed by atoms with van der Waals surface area (Å²) in [6, 6.07) is 12.6. The lowest BCUT2D eigenvalue weighted by Crippen LogP contribution is -1.90. The number of para-hydroxylation sites is 2. The van der Waals surface area contributed by atoms with Crippen molar-refractivity contribution >= 4 is 22.2 Å². The van der Waals surface area contributed by atoms with E-state index in [1.165, 1.54) is 0 Å². The Morgan fingerprint density at radius 1 is 1.11 bits per heavy atom. The van der Waals surface area contributed by atoms with Gasteiger partial charge in [-0.2, -0.15) is 0 Å². The number of hydrogen-bond acceptors (Lipinski definition) is 3. The first-order chi connectivity index (χ1) is 8.74. The zero-order valence-corrected chi connectivity index (χ0v) is 11.3. The SMILES string of the molecule is COc1ccccc1Oc1ccc(C=O)c(Br)c1. The van der Waals surface area contributed by atoms with E-state index < -0.39 is 0 Å². The van der Waals surface area contributed by atoms with Crippen LogP contribution in [-0.2, 0) is 0 Å². The molecule has 18 heavy (non-hydrogen) atoms. The zero-order chi connectivity index (χ0) is 13.0. The lowest BCUT2D eigenvalue weighted by atomic mass is 10.2. The summed E-state index contributed by atoms with van der Waals surface area (Å²) in [7, 11) is 1.59. The molecule has 0 saturated heterocycles. The average molecular weight is 307 g/mol. The summed E-state index contributed by atoms with van der Waals surface area (Å²) in [4.78, 5) is 10.7. The molecule has 0 aromatic heterocycles. The summed E-state index contributed by atoms with van der Waals surface area (Å²) in [5.41, 5.74) is 0.586. The molecular weight excluding hydrogens is 296 g/mol. The number of methoxy groups -OCH3 is 1. The van der Waals surface area contributed by atoms with Gasteiger partial charge in [-0.3, -0.25) is 4.79 Å². The zero-order valence-electron chi connectivity index (χ0n) is 9.72. The molecule has 0 N–H and O–H groups in total. The molecule has 4 heteroatoms. The normalized spacial score (nSPS) is 9.89. The Labute approximate surface area is 113 Å². The van der Waals surface area contributed by atoms with Gasteiger partial charge in [-0.25, -0.2) is 0 Å². The van der Waals surface area contributed by atoms with Crippen molar-refractivity contribution in [1.29, 1.82) is 0 Å². The van der Waals surface area contributed by atoms with Crippen LogP contribution < -0.4 is 9.47 Å². The molecule has 0 bridgehead atoms. The van der Waals surface area contributed by atoms with Crippen LogP contribution in [0.2, 0.25) is 0 Å². The molecule has 2 rings (SSSR count). The highest BCUT2D eigenvalue weighted by Crippen LogP contribution is 2.32. The van der Waals surface area contributed by atoms with Crippen molar-refractivity contribution in [3.63, 3.8) is 0 Å². The van der Waals surface area contributed by atoms with Gasteiger partial charge in [0.2, 0.25) is 0 Å². The predicted molar refractivity (Wildman–Crippen MR) is 72.6 cm³/mol. The Balaban J connectivity index is 2.28. The van der Waals surface area contributed by atoms with Crippen molar-refractivity contribution in [2.45, 2.75) is 0 Å². The Hall–Kier alpha value is -1.81. The second kappa shape index (κ2) is 5.69. The van der Waals surface area contributed by atoms with Gasteiger partial charge < -0.3 is 9.47 Å². The Bertz CT molecular complexity index is 567. The summed E-state index contributed by atoms with van der Waals surface area (Å²) in [6.07, 6.45) is 0.789.